The number of rotatable bonds is 5. The summed E-state index contributed by atoms with van der Waals surface area (Å²) >= 11 is 1.30. The summed E-state index contributed by atoms with van der Waals surface area (Å²) in [4.78, 5) is 27.2. The van der Waals surface area contributed by atoms with Crippen LogP contribution < -0.4 is 5.32 Å². The molecule has 0 bridgehead atoms. The molecule has 2 aromatic rings. The average Bonchev–Trinajstić information content (AvgIpc) is 3.21. The topological polar surface area (TPSA) is 49.4 Å². The maximum atomic E-state index is 13.7. The number of carbonyl (C=O) groups is 2. The largest absolute Gasteiger partial charge is 0.325 e. The molecule has 140 valence electrons. The standard InChI is InChI=1S/C21H21FN2O2S/c1-21(16-10-9-14-5-4-6-15(14)13-16)19(25)24(20(26)23-21)11-12-27-18-8-3-2-7-17(18)22/h2-3,7-10,13H,4-6,11-12H2,1H3,(H,23,26). The predicted octanol–water partition coefficient (Wildman–Crippen LogP) is 3.87. The SMILES string of the molecule is CC1(c2ccc3c(c2)CCC3)NC(=O)N(CCSc2ccccc2F)C1=O. The highest BCUT2D eigenvalue weighted by molar-refractivity contribution is 7.99. The van der Waals surface area contributed by atoms with Gasteiger partial charge in [-0.2, -0.15) is 0 Å². The third-order valence-electron chi connectivity index (χ3n) is 5.36. The first-order valence-corrected chi connectivity index (χ1v) is 10.1. The van der Waals surface area contributed by atoms with E-state index in [1.807, 2.05) is 6.07 Å². The molecule has 0 radical (unpaired) electrons. The highest BCUT2D eigenvalue weighted by Gasteiger charge is 2.48. The minimum absolute atomic E-state index is 0.240. The summed E-state index contributed by atoms with van der Waals surface area (Å²) in [7, 11) is 0. The van der Waals surface area contributed by atoms with E-state index < -0.39 is 11.6 Å². The van der Waals surface area contributed by atoms with Crippen LogP contribution >= 0.6 is 11.8 Å². The number of carbonyl (C=O) groups excluding carboxylic acids is 2. The third-order valence-corrected chi connectivity index (χ3v) is 6.39. The van der Waals surface area contributed by atoms with E-state index in [4.69, 9.17) is 0 Å². The van der Waals surface area contributed by atoms with Gasteiger partial charge in [0, 0.05) is 17.2 Å². The monoisotopic (exact) mass is 384 g/mol. The number of aryl methyl sites for hydroxylation is 2. The maximum Gasteiger partial charge on any atom is 0.325 e. The van der Waals surface area contributed by atoms with Gasteiger partial charge in [0.1, 0.15) is 11.4 Å². The molecule has 4 rings (SSSR count). The van der Waals surface area contributed by atoms with E-state index in [1.165, 1.54) is 33.9 Å². The van der Waals surface area contributed by atoms with E-state index in [0.717, 1.165) is 24.8 Å². The number of urea groups is 1. The van der Waals surface area contributed by atoms with Crippen LogP contribution in [0, 0.1) is 5.82 Å². The van der Waals surface area contributed by atoms with E-state index in [9.17, 15) is 14.0 Å². The molecule has 2 aliphatic rings. The Morgan fingerprint density at radius 3 is 2.74 bits per heavy atom. The van der Waals surface area contributed by atoms with Gasteiger partial charge >= 0.3 is 6.03 Å². The fourth-order valence-corrected chi connectivity index (χ4v) is 4.66. The van der Waals surface area contributed by atoms with Crippen molar-refractivity contribution in [3.05, 3.63) is 65.0 Å². The second-order valence-electron chi connectivity index (χ2n) is 7.13. The van der Waals surface area contributed by atoms with Crippen molar-refractivity contribution in [2.24, 2.45) is 0 Å². The molecule has 0 aromatic heterocycles. The number of nitrogens with one attached hydrogen (secondary N) is 1. The zero-order valence-corrected chi connectivity index (χ0v) is 15.9. The van der Waals surface area contributed by atoms with Gasteiger partial charge in [-0.25, -0.2) is 9.18 Å². The smallest absolute Gasteiger partial charge is 0.319 e. The molecule has 1 atom stereocenters. The number of hydrogen-bond donors (Lipinski definition) is 1. The Bertz CT molecular complexity index is 917. The quantitative estimate of drug-likeness (QED) is 0.629. The Morgan fingerprint density at radius 2 is 1.93 bits per heavy atom. The van der Waals surface area contributed by atoms with E-state index in [1.54, 1.807) is 25.1 Å². The zero-order chi connectivity index (χ0) is 19.0. The van der Waals surface area contributed by atoms with E-state index in [2.05, 4.69) is 17.4 Å². The minimum Gasteiger partial charge on any atom is -0.319 e. The van der Waals surface area contributed by atoms with Crippen molar-refractivity contribution in [2.75, 3.05) is 12.3 Å². The van der Waals surface area contributed by atoms with Gasteiger partial charge in [0.15, 0.2) is 0 Å². The van der Waals surface area contributed by atoms with Crippen LogP contribution in [-0.2, 0) is 23.2 Å². The van der Waals surface area contributed by atoms with Crippen molar-refractivity contribution in [1.82, 2.24) is 10.2 Å². The highest BCUT2D eigenvalue weighted by Crippen LogP contribution is 2.33. The summed E-state index contributed by atoms with van der Waals surface area (Å²) in [5, 5.41) is 2.85. The van der Waals surface area contributed by atoms with Crippen LogP contribution in [0.5, 0.6) is 0 Å². The van der Waals surface area contributed by atoms with Crippen molar-refractivity contribution >= 4 is 23.7 Å². The maximum absolute atomic E-state index is 13.7. The van der Waals surface area contributed by atoms with E-state index in [0.29, 0.717) is 10.6 Å². The Balaban J connectivity index is 1.47. The van der Waals surface area contributed by atoms with Crippen molar-refractivity contribution in [3.63, 3.8) is 0 Å². The van der Waals surface area contributed by atoms with Crippen molar-refractivity contribution in [2.45, 2.75) is 36.6 Å². The lowest BCUT2D eigenvalue weighted by Gasteiger charge is -2.23. The number of imide groups is 1. The molecule has 1 heterocycles. The normalized spacial score (nSPS) is 21.5. The molecule has 1 fully saturated rings. The zero-order valence-electron chi connectivity index (χ0n) is 15.1. The Hall–Kier alpha value is -2.34. The van der Waals surface area contributed by atoms with Crippen molar-refractivity contribution in [1.29, 1.82) is 0 Å². The first-order chi connectivity index (χ1) is 13.0. The lowest BCUT2D eigenvalue weighted by atomic mass is 9.90. The molecule has 2 aromatic carbocycles. The Morgan fingerprint density at radius 1 is 1.15 bits per heavy atom. The summed E-state index contributed by atoms with van der Waals surface area (Å²) in [5.74, 6) is -0.0948. The van der Waals surface area contributed by atoms with Crippen molar-refractivity contribution in [3.8, 4) is 0 Å². The molecule has 0 spiro atoms. The van der Waals surface area contributed by atoms with Gasteiger partial charge in [0.05, 0.1) is 0 Å². The molecule has 1 unspecified atom stereocenters. The van der Waals surface area contributed by atoms with Crippen LogP contribution in [0.15, 0.2) is 47.4 Å². The molecule has 1 aliphatic heterocycles. The predicted molar refractivity (Wildman–Crippen MR) is 103 cm³/mol. The summed E-state index contributed by atoms with van der Waals surface area (Å²) in [5.41, 5.74) is 2.38. The number of amides is 3. The van der Waals surface area contributed by atoms with E-state index >= 15 is 0 Å². The summed E-state index contributed by atoms with van der Waals surface area (Å²) < 4.78 is 13.7. The molecule has 1 aliphatic carbocycles. The summed E-state index contributed by atoms with van der Waals surface area (Å²) in [6.07, 6.45) is 3.23. The molecular formula is C21H21FN2O2S. The van der Waals surface area contributed by atoms with Crippen LogP contribution in [0.25, 0.3) is 0 Å². The first kappa shape index (κ1) is 18.0. The molecule has 6 heteroatoms. The number of nitrogens with zero attached hydrogens (tertiary/aromatic N) is 1. The molecule has 4 nitrogen and oxygen atoms in total. The number of hydrogen-bond acceptors (Lipinski definition) is 3. The van der Waals surface area contributed by atoms with Crippen LogP contribution in [0.1, 0.15) is 30.0 Å². The Kier molecular flexibility index (Phi) is 4.68. The summed E-state index contributed by atoms with van der Waals surface area (Å²) in [6, 6.07) is 12.2. The van der Waals surface area contributed by atoms with Crippen LogP contribution in [0.4, 0.5) is 9.18 Å². The average molecular weight is 384 g/mol. The van der Waals surface area contributed by atoms with Gasteiger partial charge in [-0.05, 0) is 55.0 Å². The molecule has 0 saturated carbocycles. The number of halogens is 1. The van der Waals surface area contributed by atoms with Gasteiger partial charge in [0.25, 0.3) is 5.91 Å². The van der Waals surface area contributed by atoms with Crippen molar-refractivity contribution < 1.29 is 14.0 Å². The lowest BCUT2D eigenvalue weighted by Crippen LogP contribution is -2.41. The van der Waals surface area contributed by atoms with E-state index in [-0.39, 0.29) is 18.3 Å². The molecule has 3 amide bonds. The highest BCUT2D eigenvalue weighted by atomic mass is 32.2. The summed E-state index contributed by atoms with van der Waals surface area (Å²) in [6.45, 7) is 2.00. The van der Waals surface area contributed by atoms with Gasteiger partial charge in [-0.3, -0.25) is 9.69 Å². The second kappa shape index (κ2) is 7.00. The van der Waals surface area contributed by atoms with Crippen LogP contribution in [0.3, 0.4) is 0 Å². The van der Waals surface area contributed by atoms with Gasteiger partial charge in [0.2, 0.25) is 0 Å². The molecule has 27 heavy (non-hydrogen) atoms. The van der Waals surface area contributed by atoms with Crippen LogP contribution in [-0.4, -0.2) is 29.1 Å². The number of benzene rings is 2. The fourth-order valence-electron chi connectivity index (χ4n) is 3.79. The van der Waals surface area contributed by atoms with Crippen LogP contribution in [0.2, 0.25) is 0 Å². The molecule has 1 N–H and O–H groups in total. The second-order valence-corrected chi connectivity index (χ2v) is 8.26. The molecule has 1 saturated heterocycles. The Labute approximate surface area is 162 Å². The lowest BCUT2D eigenvalue weighted by molar-refractivity contribution is -0.130. The van der Waals surface area contributed by atoms with Gasteiger partial charge < -0.3 is 5.32 Å². The number of thioether (sulfide) groups is 1. The minimum atomic E-state index is -1.04. The third kappa shape index (κ3) is 3.23. The van der Waals surface area contributed by atoms with Gasteiger partial charge in [-0.1, -0.05) is 30.3 Å². The molecular weight excluding hydrogens is 363 g/mol. The fraction of sp³-hybridized carbons (Fsp3) is 0.333. The first-order valence-electron chi connectivity index (χ1n) is 9.13. The van der Waals surface area contributed by atoms with Gasteiger partial charge in [-0.15, -0.1) is 11.8 Å². The number of fused-ring (bicyclic) bond motifs is 1.